The number of piperidine rings is 1. The Labute approximate surface area is 192 Å². The zero-order valence-electron chi connectivity index (χ0n) is 17.9. The first-order valence-corrected chi connectivity index (χ1v) is 11.1. The number of allylic oxidation sites excluding steroid dienone is 1. The van der Waals surface area contributed by atoms with Crippen LogP contribution in [-0.2, 0) is 4.79 Å². The topological polar surface area (TPSA) is 42.7 Å². The molecule has 3 aromatic rings. The Morgan fingerprint density at radius 1 is 1.16 bits per heavy atom. The largest absolute Gasteiger partial charge is 0.496 e. The summed E-state index contributed by atoms with van der Waals surface area (Å²) < 4.78 is 11.4. The van der Waals surface area contributed by atoms with Crippen molar-refractivity contribution < 1.29 is 13.9 Å². The number of halogens is 2. The lowest BCUT2D eigenvalue weighted by atomic mass is 9.98. The van der Waals surface area contributed by atoms with Gasteiger partial charge in [-0.25, -0.2) is 0 Å². The van der Waals surface area contributed by atoms with Crippen molar-refractivity contribution in [2.45, 2.75) is 26.7 Å². The van der Waals surface area contributed by atoms with E-state index in [1.807, 2.05) is 30.0 Å². The number of rotatable bonds is 4. The third-order valence-electron chi connectivity index (χ3n) is 5.98. The molecule has 0 aliphatic carbocycles. The molecule has 1 fully saturated rings. The summed E-state index contributed by atoms with van der Waals surface area (Å²) in [6.07, 6.45) is 5.49. The Balaban J connectivity index is 1.73. The zero-order valence-corrected chi connectivity index (χ0v) is 19.4. The minimum absolute atomic E-state index is 0.0414. The number of nitrogens with zero attached hydrogens (tertiary/aromatic N) is 1. The van der Waals surface area contributed by atoms with Crippen LogP contribution in [0.2, 0.25) is 10.0 Å². The Kier molecular flexibility index (Phi) is 6.31. The van der Waals surface area contributed by atoms with Gasteiger partial charge in [-0.3, -0.25) is 4.79 Å². The second-order valence-electron chi connectivity index (χ2n) is 8.16. The number of amides is 1. The molecule has 1 amide bonds. The molecule has 0 unspecified atom stereocenters. The van der Waals surface area contributed by atoms with Crippen LogP contribution in [0.3, 0.4) is 0 Å². The fourth-order valence-electron chi connectivity index (χ4n) is 4.03. The Morgan fingerprint density at radius 2 is 1.90 bits per heavy atom. The Morgan fingerprint density at radius 3 is 2.58 bits per heavy atom. The molecule has 0 atom stereocenters. The highest BCUT2D eigenvalue weighted by Crippen LogP contribution is 2.40. The number of hydrogen-bond acceptors (Lipinski definition) is 3. The number of furan rings is 1. The zero-order chi connectivity index (χ0) is 22.1. The van der Waals surface area contributed by atoms with E-state index in [2.05, 4.69) is 6.92 Å². The monoisotopic (exact) mass is 457 g/mol. The average molecular weight is 458 g/mol. The first-order chi connectivity index (χ1) is 14.9. The maximum absolute atomic E-state index is 12.8. The van der Waals surface area contributed by atoms with Crippen molar-refractivity contribution in [3.05, 3.63) is 58.3 Å². The minimum Gasteiger partial charge on any atom is -0.496 e. The van der Waals surface area contributed by atoms with Crippen molar-refractivity contribution in [1.29, 1.82) is 0 Å². The molecule has 0 saturated carbocycles. The molecule has 1 aliphatic heterocycles. The van der Waals surface area contributed by atoms with Crippen LogP contribution in [0.5, 0.6) is 5.75 Å². The predicted molar refractivity (Wildman–Crippen MR) is 127 cm³/mol. The molecule has 4 rings (SSSR count). The van der Waals surface area contributed by atoms with Gasteiger partial charge in [-0.05, 0) is 49.5 Å². The number of hydrogen-bond donors (Lipinski definition) is 0. The van der Waals surface area contributed by atoms with E-state index in [-0.39, 0.29) is 5.91 Å². The second kappa shape index (κ2) is 8.97. The summed E-state index contributed by atoms with van der Waals surface area (Å²) in [7, 11) is 1.62. The molecule has 1 aromatic heterocycles. The van der Waals surface area contributed by atoms with Gasteiger partial charge in [0, 0.05) is 52.3 Å². The predicted octanol–water partition coefficient (Wildman–Crippen LogP) is 7.08. The lowest BCUT2D eigenvalue weighted by molar-refractivity contribution is -0.127. The van der Waals surface area contributed by atoms with Crippen LogP contribution in [0.1, 0.15) is 32.3 Å². The van der Waals surface area contributed by atoms with Gasteiger partial charge in [-0.15, -0.1) is 0 Å². The Bertz CT molecular complexity index is 1160. The lowest BCUT2D eigenvalue weighted by Crippen LogP contribution is -2.36. The van der Waals surface area contributed by atoms with Crippen LogP contribution in [0.25, 0.3) is 27.7 Å². The van der Waals surface area contributed by atoms with Crippen molar-refractivity contribution in [3.8, 4) is 16.9 Å². The summed E-state index contributed by atoms with van der Waals surface area (Å²) in [6, 6.07) is 9.24. The molecule has 6 heteroatoms. The molecule has 0 N–H and O–H groups in total. The number of benzene rings is 2. The summed E-state index contributed by atoms with van der Waals surface area (Å²) >= 11 is 12.5. The molecule has 0 bridgehead atoms. The number of methoxy groups -OCH3 is 1. The number of carbonyl (C=O) groups excluding carboxylic acids is 1. The van der Waals surface area contributed by atoms with Gasteiger partial charge in [0.2, 0.25) is 5.91 Å². The molecule has 162 valence electrons. The van der Waals surface area contributed by atoms with Gasteiger partial charge in [0.25, 0.3) is 0 Å². The maximum Gasteiger partial charge on any atom is 0.246 e. The summed E-state index contributed by atoms with van der Waals surface area (Å²) in [5.41, 5.74) is 4.08. The molecule has 31 heavy (non-hydrogen) atoms. The van der Waals surface area contributed by atoms with Crippen LogP contribution in [0, 0.1) is 5.92 Å². The molecule has 2 heterocycles. The normalized spacial score (nSPS) is 15.5. The van der Waals surface area contributed by atoms with Crippen LogP contribution in [-0.4, -0.2) is 31.0 Å². The van der Waals surface area contributed by atoms with Gasteiger partial charge < -0.3 is 14.1 Å². The first kappa shape index (κ1) is 21.8. The molecular formula is C25H25Cl2NO3. The fraction of sp³-hybridized carbons (Fsp3) is 0.320. The lowest BCUT2D eigenvalue weighted by Gasteiger charge is -2.29. The van der Waals surface area contributed by atoms with Gasteiger partial charge in [-0.2, -0.15) is 0 Å². The first-order valence-electron chi connectivity index (χ1n) is 10.4. The third-order valence-corrected chi connectivity index (χ3v) is 6.52. The highest BCUT2D eigenvalue weighted by Gasteiger charge is 2.20. The van der Waals surface area contributed by atoms with E-state index in [0.29, 0.717) is 27.3 Å². The van der Waals surface area contributed by atoms with Gasteiger partial charge in [0.1, 0.15) is 11.3 Å². The molecule has 1 aliphatic rings. The van der Waals surface area contributed by atoms with Crippen LogP contribution < -0.4 is 4.74 Å². The number of fused-ring (bicyclic) bond motifs is 1. The van der Waals surface area contributed by atoms with Gasteiger partial charge >= 0.3 is 0 Å². The van der Waals surface area contributed by atoms with E-state index >= 15 is 0 Å². The standard InChI is InChI=1S/C25H25Cl2NO3/c1-15-6-8-28(9-7-15)25(29)10-16(2)19-12-20-21(14-31-24(20)13-23(19)30-3)18-5-4-17(26)11-22(18)27/h4-5,10-15H,6-9H2,1-3H3/b16-10+. The minimum atomic E-state index is 0.0414. The van der Waals surface area contributed by atoms with Crippen LogP contribution in [0.15, 0.2) is 47.1 Å². The summed E-state index contributed by atoms with van der Waals surface area (Å²) in [6.45, 7) is 5.78. The molecule has 4 nitrogen and oxygen atoms in total. The van der Waals surface area contributed by atoms with Crippen molar-refractivity contribution in [3.63, 3.8) is 0 Å². The van der Waals surface area contributed by atoms with Crippen LogP contribution in [0.4, 0.5) is 0 Å². The molecule has 0 spiro atoms. The highest BCUT2D eigenvalue weighted by molar-refractivity contribution is 6.36. The number of likely N-dealkylation sites (tertiary alicyclic amines) is 1. The average Bonchev–Trinajstić information content (AvgIpc) is 3.15. The third kappa shape index (κ3) is 4.46. The van der Waals surface area contributed by atoms with Crippen molar-refractivity contribution >= 4 is 45.7 Å². The van der Waals surface area contributed by atoms with Gasteiger partial charge in [0.05, 0.1) is 18.4 Å². The Hall–Kier alpha value is -2.43. The highest BCUT2D eigenvalue weighted by atomic mass is 35.5. The SMILES string of the molecule is COc1cc2occ(-c3ccc(Cl)cc3Cl)c2cc1/C(C)=C/C(=O)N1CCC(C)CC1. The number of ether oxygens (including phenoxy) is 1. The fourth-order valence-corrected chi connectivity index (χ4v) is 4.54. The van der Waals surface area contributed by atoms with E-state index in [4.69, 9.17) is 32.4 Å². The van der Waals surface area contributed by atoms with E-state index in [1.54, 1.807) is 31.6 Å². The maximum atomic E-state index is 12.8. The van der Waals surface area contributed by atoms with Crippen LogP contribution >= 0.6 is 23.2 Å². The second-order valence-corrected chi connectivity index (χ2v) is 9.00. The summed E-state index contributed by atoms with van der Waals surface area (Å²) in [4.78, 5) is 14.7. The molecular weight excluding hydrogens is 433 g/mol. The van der Waals surface area contributed by atoms with Gasteiger partial charge in [-0.1, -0.05) is 36.2 Å². The van der Waals surface area contributed by atoms with E-state index in [9.17, 15) is 4.79 Å². The van der Waals surface area contributed by atoms with Crippen molar-refractivity contribution in [1.82, 2.24) is 4.90 Å². The molecule has 0 radical (unpaired) electrons. The van der Waals surface area contributed by atoms with E-state index in [0.717, 1.165) is 53.6 Å². The molecule has 1 saturated heterocycles. The summed E-state index contributed by atoms with van der Waals surface area (Å²) in [5.74, 6) is 1.37. The summed E-state index contributed by atoms with van der Waals surface area (Å²) in [5, 5.41) is 2.02. The quantitative estimate of drug-likeness (QED) is 0.393. The number of carbonyl (C=O) groups is 1. The smallest absolute Gasteiger partial charge is 0.246 e. The molecule has 2 aromatic carbocycles. The van der Waals surface area contributed by atoms with Crippen molar-refractivity contribution in [2.24, 2.45) is 5.92 Å². The van der Waals surface area contributed by atoms with Crippen molar-refractivity contribution in [2.75, 3.05) is 20.2 Å². The van der Waals surface area contributed by atoms with Gasteiger partial charge in [0.15, 0.2) is 0 Å². The van der Waals surface area contributed by atoms with E-state index in [1.165, 1.54) is 0 Å². The van der Waals surface area contributed by atoms with E-state index < -0.39 is 0 Å².